The first-order valence-corrected chi connectivity index (χ1v) is 11.3. The van der Waals surface area contributed by atoms with Gasteiger partial charge in [-0.15, -0.1) is 11.3 Å². The molecule has 2 atom stereocenters. The molecule has 3 heterocycles. The Morgan fingerprint density at radius 2 is 1.80 bits per heavy atom. The Morgan fingerprint density at radius 1 is 1.16 bits per heavy atom. The molecule has 1 aromatic rings. The van der Waals surface area contributed by atoms with Crippen LogP contribution in [0.3, 0.4) is 0 Å². The number of carbonyl (C=O) groups excluding carboxylic acids is 2. The molecule has 1 aliphatic carbocycles. The Bertz CT molecular complexity index is 815. The molecule has 2 saturated heterocycles. The van der Waals surface area contributed by atoms with Crippen LogP contribution in [0.15, 0.2) is 5.51 Å². The number of aryl methyl sites for hydroxylation is 1. The highest BCUT2D eigenvalue weighted by atomic mass is 32.2. The summed E-state index contributed by atoms with van der Waals surface area (Å²) < 4.78 is 24.5. The summed E-state index contributed by atoms with van der Waals surface area (Å²) in [5.41, 5.74) is 2.29. The van der Waals surface area contributed by atoms with Gasteiger partial charge >= 0.3 is 0 Å². The number of fused-ring (bicyclic) bond motifs is 1. The Kier molecular flexibility index (Phi) is 4.10. The van der Waals surface area contributed by atoms with Gasteiger partial charge in [0.05, 0.1) is 34.8 Å². The predicted octanol–water partition coefficient (Wildman–Crippen LogP) is 0.702. The quantitative estimate of drug-likeness (QED) is 0.750. The molecule has 0 bridgehead atoms. The van der Waals surface area contributed by atoms with Gasteiger partial charge < -0.3 is 9.80 Å². The minimum Gasteiger partial charge on any atom is -0.335 e. The van der Waals surface area contributed by atoms with Crippen molar-refractivity contribution in [3.05, 3.63) is 16.1 Å². The number of rotatable bonds is 2. The Labute approximate surface area is 150 Å². The number of hydrogen-bond acceptors (Lipinski definition) is 6. The molecular formula is C16H21N3O4S2. The third-order valence-electron chi connectivity index (χ3n) is 5.61. The first kappa shape index (κ1) is 17.0. The lowest BCUT2D eigenvalue weighted by Gasteiger charge is -2.45. The molecule has 0 N–H and O–H groups in total. The number of sulfone groups is 1. The van der Waals surface area contributed by atoms with Crippen LogP contribution in [-0.4, -0.2) is 71.7 Å². The van der Waals surface area contributed by atoms with Gasteiger partial charge in [0.15, 0.2) is 9.84 Å². The molecule has 4 rings (SSSR count). The van der Waals surface area contributed by atoms with Gasteiger partial charge in [-0.2, -0.15) is 0 Å². The van der Waals surface area contributed by atoms with Gasteiger partial charge in [0.1, 0.15) is 4.88 Å². The maximum atomic E-state index is 12.9. The minimum absolute atomic E-state index is 0.0370. The normalized spacial score (nSPS) is 28.5. The molecule has 0 spiro atoms. The molecule has 25 heavy (non-hydrogen) atoms. The van der Waals surface area contributed by atoms with Crippen molar-refractivity contribution in [1.29, 1.82) is 0 Å². The van der Waals surface area contributed by atoms with E-state index in [1.165, 1.54) is 11.3 Å². The molecule has 0 aromatic carbocycles. The highest BCUT2D eigenvalue weighted by molar-refractivity contribution is 7.91. The molecule has 7 nitrogen and oxygen atoms in total. The van der Waals surface area contributed by atoms with E-state index in [0.717, 1.165) is 19.3 Å². The van der Waals surface area contributed by atoms with Crippen LogP contribution in [0.1, 0.15) is 34.6 Å². The average Bonchev–Trinajstić information content (AvgIpc) is 3.05. The van der Waals surface area contributed by atoms with Crippen molar-refractivity contribution >= 4 is 33.0 Å². The lowest BCUT2D eigenvalue weighted by Crippen LogP contribution is -2.63. The Balaban J connectivity index is 1.61. The average molecular weight is 383 g/mol. The van der Waals surface area contributed by atoms with Crippen molar-refractivity contribution in [2.45, 2.75) is 38.3 Å². The molecule has 2 amide bonds. The molecular weight excluding hydrogens is 362 g/mol. The third-order valence-corrected chi connectivity index (χ3v) is 8.23. The van der Waals surface area contributed by atoms with E-state index in [-0.39, 0.29) is 29.2 Å². The van der Waals surface area contributed by atoms with E-state index in [2.05, 4.69) is 4.98 Å². The van der Waals surface area contributed by atoms with Crippen LogP contribution in [0.25, 0.3) is 0 Å². The molecule has 0 radical (unpaired) electrons. The lowest BCUT2D eigenvalue weighted by molar-refractivity contribution is -0.143. The first-order valence-electron chi connectivity index (χ1n) is 8.59. The van der Waals surface area contributed by atoms with E-state index < -0.39 is 21.9 Å². The molecule has 0 unspecified atom stereocenters. The fraction of sp³-hybridized carbons (Fsp3) is 0.688. The van der Waals surface area contributed by atoms with Crippen molar-refractivity contribution in [1.82, 2.24) is 14.8 Å². The number of aromatic nitrogens is 1. The first-order chi connectivity index (χ1) is 11.9. The second kappa shape index (κ2) is 6.05. The highest BCUT2D eigenvalue weighted by Gasteiger charge is 2.50. The summed E-state index contributed by atoms with van der Waals surface area (Å²) in [6.45, 7) is 2.57. The van der Waals surface area contributed by atoms with Crippen LogP contribution in [-0.2, 0) is 14.6 Å². The van der Waals surface area contributed by atoms with E-state index in [4.69, 9.17) is 0 Å². The third kappa shape index (κ3) is 2.87. The van der Waals surface area contributed by atoms with Crippen molar-refractivity contribution in [2.75, 3.05) is 24.6 Å². The van der Waals surface area contributed by atoms with Crippen LogP contribution in [0, 0.1) is 12.8 Å². The number of amides is 2. The topological polar surface area (TPSA) is 87.7 Å². The summed E-state index contributed by atoms with van der Waals surface area (Å²) in [5, 5.41) is 0. The van der Waals surface area contributed by atoms with Gasteiger partial charge in [-0.3, -0.25) is 9.59 Å². The van der Waals surface area contributed by atoms with Crippen molar-refractivity contribution in [2.24, 2.45) is 5.92 Å². The SMILES string of the molecule is Cc1ncsc1C(=O)N1CCN(C(=O)C2CCC2)[C@@H]2CS(=O)(=O)C[C@@H]21. The largest absolute Gasteiger partial charge is 0.335 e. The second-order valence-corrected chi connectivity index (χ2v) is 10.1. The van der Waals surface area contributed by atoms with E-state index in [1.54, 1.807) is 22.2 Å². The summed E-state index contributed by atoms with van der Waals surface area (Å²) in [6.07, 6.45) is 2.84. The predicted molar refractivity (Wildman–Crippen MR) is 93.2 cm³/mol. The van der Waals surface area contributed by atoms with Crippen molar-refractivity contribution < 1.29 is 18.0 Å². The van der Waals surface area contributed by atoms with Crippen LogP contribution < -0.4 is 0 Å². The monoisotopic (exact) mass is 383 g/mol. The number of piperazine rings is 1. The second-order valence-electron chi connectivity index (χ2n) is 7.14. The van der Waals surface area contributed by atoms with Gasteiger partial charge in [0.2, 0.25) is 5.91 Å². The summed E-state index contributed by atoms with van der Waals surface area (Å²) in [6, 6.07) is -0.860. The Hall–Kier alpha value is -1.48. The van der Waals surface area contributed by atoms with Crippen LogP contribution in [0.5, 0.6) is 0 Å². The van der Waals surface area contributed by atoms with E-state index in [0.29, 0.717) is 23.7 Å². The van der Waals surface area contributed by atoms with Gasteiger partial charge in [0.25, 0.3) is 5.91 Å². The molecule has 1 saturated carbocycles. The zero-order valence-electron chi connectivity index (χ0n) is 14.1. The molecule has 9 heteroatoms. The molecule has 1 aromatic heterocycles. The van der Waals surface area contributed by atoms with Crippen molar-refractivity contribution in [3.63, 3.8) is 0 Å². The molecule has 136 valence electrons. The molecule has 2 aliphatic heterocycles. The molecule has 3 fully saturated rings. The van der Waals surface area contributed by atoms with E-state index in [1.807, 2.05) is 0 Å². The number of nitrogens with zero attached hydrogens (tertiary/aromatic N) is 3. The van der Waals surface area contributed by atoms with Crippen LogP contribution in [0.2, 0.25) is 0 Å². The zero-order chi connectivity index (χ0) is 17.8. The van der Waals surface area contributed by atoms with E-state index >= 15 is 0 Å². The summed E-state index contributed by atoms with van der Waals surface area (Å²) in [4.78, 5) is 33.7. The highest BCUT2D eigenvalue weighted by Crippen LogP contribution is 2.34. The molecule has 3 aliphatic rings. The van der Waals surface area contributed by atoms with Crippen LogP contribution in [0.4, 0.5) is 0 Å². The smallest absolute Gasteiger partial charge is 0.266 e. The fourth-order valence-corrected chi connectivity index (χ4v) is 6.74. The number of carbonyl (C=O) groups is 2. The number of thiazole rings is 1. The van der Waals surface area contributed by atoms with Gasteiger partial charge in [-0.05, 0) is 19.8 Å². The summed E-state index contributed by atoms with van der Waals surface area (Å²) in [5.74, 6) is -0.158. The van der Waals surface area contributed by atoms with Crippen molar-refractivity contribution in [3.8, 4) is 0 Å². The fourth-order valence-electron chi connectivity index (χ4n) is 4.01. The Morgan fingerprint density at radius 3 is 2.36 bits per heavy atom. The number of hydrogen-bond donors (Lipinski definition) is 0. The maximum absolute atomic E-state index is 12.9. The van der Waals surface area contributed by atoms with Gasteiger partial charge in [0, 0.05) is 19.0 Å². The maximum Gasteiger partial charge on any atom is 0.266 e. The van der Waals surface area contributed by atoms with Gasteiger partial charge in [-0.1, -0.05) is 6.42 Å². The minimum atomic E-state index is -3.26. The van der Waals surface area contributed by atoms with Crippen LogP contribution >= 0.6 is 11.3 Å². The zero-order valence-corrected chi connectivity index (χ0v) is 15.7. The summed E-state index contributed by atoms with van der Waals surface area (Å²) in [7, 11) is -3.26. The van der Waals surface area contributed by atoms with E-state index in [9.17, 15) is 18.0 Å². The standard InChI is InChI=1S/C16H21N3O4S2/c1-10-14(24-9-17-10)16(21)19-6-5-18(15(20)11-3-2-4-11)12-7-25(22,23)8-13(12)19/h9,11-13H,2-8H2,1H3/t12-,13+/m1/s1. The summed E-state index contributed by atoms with van der Waals surface area (Å²) >= 11 is 1.28. The lowest BCUT2D eigenvalue weighted by atomic mass is 9.83. The van der Waals surface area contributed by atoms with Gasteiger partial charge in [-0.25, -0.2) is 13.4 Å².